The SMILES string of the molecule is C=C1/C=C\C=C/Sc2ccccc21. The summed E-state index contributed by atoms with van der Waals surface area (Å²) in [4.78, 5) is 1.27. The smallest absolute Gasteiger partial charge is 0.0194 e. The lowest BCUT2D eigenvalue weighted by Crippen LogP contribution is -1.83. The molecule has 1 heterocycles. The van der Waals surface area contributed by atoms with E-state index < -0.39 is 0 Å². The molecule has 13 heavy (non-hydrogen) atoms. The van der Waals surface area contributed by atoms with E-state index in [0.29, 0.717) is 0 Å². The molecule has 0 N–H and O–H groups in total. The molecule has 0 aromatic heterocycles. The Morgan fingerprint density at radius 3 is 2.85 bits per heavy atom. The molecule has 0 unspecified atom stereocenters. The van der Waals surface area contributed by atoms with Crippen LogP contribution in [0.25, 0.3) is 5.57 Å². The highest BCUT2D eigenvalue weighted by Gasteiger charge is 2.03. The summed E-state index contributed by atoms with van der Waals surface area (Å²) in [7, 11) is 0. The predicted molar refractivity (Wildman–Crippen MR) is 59.6 cm³/mol. The molecule has 2 rings (SSSR count). The van der Waals surface area contributed by atoms with Crippen LogP contribution in [-0.2, 0) is 0 Å². The van der Waals surface area contributed by atoms with Crippen LogP contribution in [0, 0.1) is 0 Å². The standard InChI is InChI=1S/C12H10S/c1-10-6-4-5-9-13-12-8-3-2-7-11(10)12/h2-9H,1H2/b6-4-,9-5-. The van der Waals surface area contributed by atoms with Crippen LogP contribution in [0.3, 0.4) is 0 Å². The fourth-order valence-electron chi connectivity index (χ4n) is 1.25. The molecule has 0 bridgehead atoms. The van der Waals surface area contributed by atoms with Gasteiger partial charge in [-0.25, -0.2) is 0 Å². The number of hydrogen-bond donors (Lipinski definition) is 0. The number of rotatable bonds is 0. The highest BCUT2D eigenvalue weighted by atomic mass is 32.2. The van der Waals surface area contributed by atoms with Gasteiger partial charge in [0, 0.05) is 4.90 Å². The fourth-order valence-corrected chi connectivity index (χ4v) is 2.05. The van der Waals surface area contributed by atoms with Crippen molar-refractivity contribution in [1.82, 2.24) is 0 Å². The van der Waals surface area contributed by atoms with Crippen molar-refractivity contribution in [2.75, 3.05) is 0 Å². The van der Waals surface area contributed by atoms with Crippen molar-refractivity contribution in [1.29, 1.82) is 0 Å². The average Bonchev–Trinajstić information content (AvgIpc) is 2.14. The Morgan fingerprint density at radius 1 is 1.08 bits per heavy atom. The minimum atomic E-state index is 1.08. The zero-order chi connectivity index (χ0) is 9.10. The summed E-state index contributed by atoms with van der Waals surface area (Å²) in [6, 6.07) is 8.32. The van der Waals surface area contributed by atoms with E-state index in [1.807, 2.05) is 24.3 Å². The van der Waals surface area contributed by atoms with Crippen LogP contribution in [0.1, 0.15) is 5.56 Å². The molecular weight excluding hydrogens is 176 g/mol. The summed E-state index contributed by atoms with van der Waals surface area (Å²) in [6.07, 6.45) is 6.09. The summed E-state index contributed by atoms with van der Waals surface area (Å²) < 4.78 is 0. The van der Waals surface area contributed by atoms with E-state index in [-0.39, 0.29) is 0 Å². The third-order valence-corrected chi connectivity index (χ3v) is 2.82. The molecule has 0 saturated carbocycles. The molecule has 1 aromatic rings. The molecule has 1 aliphatic rings. The largest absolute Gasteiger partial charge is 0.0974 e. The van der Waals surface area contributed by atoms with Crippen molar-refractivity contribution in [2.45, 2.75) is 4.90 Å². The van der Waals surface area contributed by atoms with Gasteiger partial charge >= 0.3 is 0 Å². The summed E-state index contributed by atoms with van der Waals surface area (Å²) in [5.41, 5.74) is 2.31. The Hall–Kier alpha value is -1.21. The van der Waals surface area contributed by atoms with E-state index in [1.165, 1.54) is 10.5 Å². The molecule has 0 fully saturated rings. The Kier molecular flexibility index (Phi) is 2.37. The third-order valence-electron chi connectivity index (χ3n) is 1.92. The lowest BCUT2D eigenvalue weighted by molar-refractivity contribution is 1.41. The Balaban J connectivity index is 2.54. The van der Waals surface area contributed by atoms with Crippen molar-refractivity contribution in [3.63, 3.8) is 0 Å². The van der Waals surface area contributed by atoms with Crippen molar-refractivity contribution in [3.05, 3.63) is 60.0 Å². The number of thioether (sulfide) groups is 1. The molecule has 0 spiro atoms. The summed E-state index contributed by atoms with van der Waals surface area (Å²) in [6.45, 7) is 4.02. The molecule has 64 valence electrons. The van der Waals surface area contributed by atoms with Gasteiger partial charge in [-0.1, -0.05) is 54.8 Å². The first-order valence-electron chi connectivity index (χ1n) is 4.16. The quantitative estimate of drug-likeness (QED) is 0.592. The molecular formula is C12H10S. The summed E-state index contributed by atoms with van der Waals surface area (Å²) in [5.74, 6) is 0. The van der Waals surface area contributed by atoms with E-state index in [4.69, 9.17) is 0 Å². The van der Waals surface area contributed by atoms with Gasteiger partial charge in [-0.2, -0.15) is 0 Å². The Bertz CT molecular complexity index is 386. The number of benzene rings is 1. The molecule has 0 nitrogen and oxygen atoms in total. The highest BCUT2D eigenvalue weighted by Crippen LogP contribution is 2.30. The lowest BCUT2D eigenvalue weighted by Gasteiger charge is -2.07. The Morgan fingerprint density at radius 2 is 1.92 bits per heavy atom. The first kappa shape index (κ1) is 8.39. The van der Waals surface area contributed by atoms with E-state index in [1.54, 1.807) is 11.8 Å². The monoisotopic (exact) mass is 186 g/mol. The van der Waals surface area contributed by atoms with Gasteiger partial charge in [0.2, 0.25) is 0 Å². The van der Waals surface area contributed by atoms with Crippen LogP contribution in [-0.4, -0.2) is 0 Å². The molecule has 0 radical (unpaired) electrons. The van der Waals surface area contributed by atoms with Gasteiger partial charge in [0.05, 0.1) is 0 Å². The minimum absolute atomic E-state index is 1.08. The lowest BCUT2D eigenvalue weighted by atomic mass is 10.1. The molecule has 1 aromatic carbocycles. The zero-order valence-corrected chi connectivity index (χ0v) is 8.05. The van der Waals surface area contributed by atoms with Crippen LogP contribution in [0.5, 0.6) is 0 Å². The second-order valence-corrected chi connectivity index (χ2v) is 3.77. The minimum Gasteiger partial charge on any atom is -0.0974 e. The summed E-state index contributed by atoms with van der Waals surface area (Å²) in [5, 5.41) is 2.09. The van der Waals surface area contributed by atoms with Crippen LogP contribution in [0.2, 0.25) is 0 Å². The van der Waals surface area contributed by atoms with Crippen molar-refractivity contribution < 1.29 is 0 Å². The van der Waals surface area contributed by atoms with E-state index in [2.05, 4.69) is 30.2 Å². The first-order chi connectivity index (χ1) is 6.38. The maximum atomic E-state index is 4.02. The Labute approximate surface area is 82.7 Å². The number of allylic oxidation sites excluding steroid dienone is 4. The molecule has 0 amide bonds. The fraction of sp³-hybridized carbons (Fsp3) is 0. The predicted octanol–water partition coefficient (Wildman–Crippen LogP) is 3.88. The molecule has 1 aliphatic heterocycles. The maximum Gasteiger partial charge on any atom is 0.0194 e. The van der Waals surface area contributed by atoms with E-state index >= 15 is 0 Å². The van der Waals surface area contributed by atoms with Gasteiger partial charge in [0.25, 0.3) is 0 Å². The van der Waals surface area contributed by atoms with Crippen LogP contribution < -0.4 is 0 Å². The van der Waals surface area contributed by atoms with Crippen LogP contribution in [0.4, 0.5) is 0 Å². The molecule has 0 atom stereocenters. The summed E-state index contributed by atoms with van der Waals surface area (Å²) >= 11 is 1.73. The van der Waals surface area contributed by atoms with Gasteiger partial charge in [-0.05, 0) is 22.6 Å². The average molecular weight is 186 g/mol. The number of fused-ring (bicyclic) bond motifs is 1. The van der Waals surface area contributed by atoms with E-state index in [9.17, 15) is 0 Å². The van der Waals surface area contributed by atoms with Crippen molar-refractivity contribution >= 4 is 17.3 Å². The molecule has 1 heteroatoms. The topological polar surface area (TPSA) is 0 Å². The first-order valence-corrected chi connectivity index (χ1v) is 5.04. The zero-order valence-electron chi connectivity index (χ0n) is 7.23. The van der Waals surface area contributed by atoms with Gasteiger partial charge in [-0.3, -0.25) is 0 Å². The molecule has 0 aliphatic carbocycles. The molecule has 0 saturated heterocycles. The number of hydrogen-bond acceptors (Lipinski definition) is 1. The highest BCUT2D eigenvalue weighted by molar-refractivity contribution is 8.02. The normalized spacial score (nSPS) is 19.8. The van der Waals surface area contributed by atoms with Gasteiger partial charge in [0.1, 0.15) is 0 Å². The second-order valence-electron chi connectivity index (χ2n) is 2.83. The van der Waals surface area contributed by atoms with Gasteiger partial charge in [-0.15, -0.1) is 0 Å². The van der Waals surface area contributed by atoms with E-state index in [0.717, 1.165) is 5.57 Å². The second kappa shape index (κ2) is 3.67. The van der Waals surface area contributed by atoms with Crippen molar-refractivity contribution in [3.8, 4) is 0 Å². The van der Waals surface area contributed by atoms with Gasteiger partial charge in [0.15, 0.2) is 0 Å². The third kappa shape index (κ3) is 1.76. The van der Waals surface area contributed by atoms with Crippen LogP contribution in [0.15, 0.2) is 59.4 Å². The van der Waals surface area contributed by atoms with Crippen molar-refractivity contribution in [2.24, 2.45) is 0 Å². The maximum absolute atomic E-state index is 4.02. The van der Waals surface area contributed by atoms with Crippen LogP contribution >= 0.6 is 11.8 Å². The van der Waals surface area contributed by atoms with Gasteiger partial charge < -0.3 is 0 Å².